The quantitative estimate of drug-likeness (QED) is 0.741. The Morgan fingerprint density at radius 1 is 1.30 bits per heavy atom. The van der Waals surface area contributed by atoms with E-state index in [1.165, 1.54) is 10.6 Å². The lowest BCUT2D eigenvalue weighted by Crippen LogP contribution is -2.16. The minimum atomic E-state index is -0.173. The molecular formula is C14H15N5O. The normalized spacial score (nSPS) is 12.7. The number of H-pyrrole nitrogens is 1. The van der Waals surface area contributed by atoms with Gasteiger partial charge in [-0.1, -0.05) is 30.3 Å². The highest BCUT2D eigenvalue weighted by Gasteiger charge is 2.11. The molecule has 3 N–H and O–H groups in total. The molecule has 0 saturated heterocycles. The fourth-order valence-corrected chi connectivity index (χ4v) is 2.15. The van der Waals surface area contributed by atoms with Crippen molar-refractivity contribution in [3.05, 3.63) is 63.8 Å². The Kier molecular flexibility index (Phi) is 3.08. The number of hydrogen-bond acceptors (Lipinski definition) is 4. The molecule has 0 saturated carbocycles. The third-order valence-corrected chi connectivity index (χ3v) is 3.15. The van der Waals surface area contributed by atoms with Crippen LogP contribution in [-0.4, -0.2) is 19.6 Å². The summed E-state index contributed by atoms with van der Waals surface area (Å²) in [4.78, 5) is 20.3. The zero-order valence-corrected chi connectivity index (χ0v) is 11.1. The van der Waals surface area contributed by atoms with E-state index in [0.29, 0.717) is 23.7 Å². The van der Waals surface area contributed by atoms with E-state index in [4.69, 9.17) is 5.73 Å². The second kappa shape index (κ2) is 4.90. The van der Waals surface area contributed by atoms with Crippen molar-refractivity contribution in [2.45, 2.75) is 19.4 Å². The molecule has 0 amide bonds. The first kappa shape index (κ1) is 12.6. The van der Waals surface area contributed by atoms with E-state index in [2.05, 4.69) is 15.1 Å². The zero-order valence-electron chi connectivity index (χ0n) is 11.1. The Labute approximate surface area is 115 Å². The van der Waals surface area contributed by atoms with Crippen LogP contribution in [-0.2, 0) is 6.42 Å². The van der Waals surface area contributed by atoms with Crippen molar-refractivity contribution in [3.8, 4) is 0 Å². The Morgan fingerprint density at radius 2 is 2.05 bits per heavy atom. The molecule has 20 heavy (non-hydrogen) atoms. The highest BCUT2D eigenvalue weighted by atomic mass is 16.1. The van der Waals surface area contributed by atoms with Crippen LogP contribution < -0.4 is 11.3 Å². The molecule has 1 unspecified atom stereocenters. The van der Waals surface area contributed by atoms with Crippen LogP contribution in [0.5, 0.6) is 0 Å². The van der Waals surface area contributed by atoms with Gasteiger partial charge in [-0.15, -0.1) is 0 Å². The molecule has 2 aromatic heterocycles. The summed E-state index contributed by atoms with van der Waals surface area (Å²) in [7, 11) is 0. The molecule has 6 nitrogen and oxygen atoms in total. The highest BCUT2D eigenvalue weighted by Crippen LogP contribution is 2.13. The molecule has 0 fully saturated rings. The number of nitrogens with zero attached hydrogens (tertiary/aromatic N) is 3. The molecule has 6 heteroatoms. The van der Waals surface area contributed by atoms with E-state index < -0.39 is 0 Å². The first-order valence-electron chi connectivity index (χ1n) is 6.39. The molecule has 0 aliphatic carbocycles. The summed E-state index contributed by atoms with van der Waals surface area (Å²) in [5.74, 6) is 1.03. The van der Waals surface area contributed by atoms with Crippen molar-refractivity contribution in [2.75, 3.05) is 0 Å². The Hall–Kier alpha value is -2.47. The summed E-state index contributed by atoms with van der Waals surface area (Å²) in [5.41, 5.74) is 7.67. The molecule has 2 heterocycles. The number of benzene rings is 1. The number of nitrogens with two attached hydrogens (primary N) is 1. The minimum absolute atomic E-state index is 0.167. The maximum Gasteiger partial charge on any atom is 0.274 e. The van der Waals surface area contributed by atoms with Crippen LogP contribution in [0.15, 0.2) is 41.2 Å². The lowest BCUT2D eigenvalue weighted by atomic mass is 10.0. The van der Waals surface area contributed by atoms with Crippen LogP contribution in [0.2, 0.25) is 0 Å². The lowest BCUT2D eigenvalue weighted by molar-refractivity contribution is 0.684. The first-order chi connectivity index (χ1) is 9.63. The molecule has 0 bridgehead atoms. The van der Waals surface area contributed by atoms with Gasteiger partial charge in [0.15, 0.2) is 0 Å². The average Bonchev–Trinajstić information content (AvgIpc) is 2.82. The number of aryl methyl sites for hydroxylation is 1. The van der Waals surface area contributed by atoms with Gasteiger partial charge >= 0.3 is 0 Å². The lowest BCUT2D eigenvalue weighted by Gasteiger charge is -2.09. The van der Waals surface area contributed by atoms with Crippen LogP contribution >= 0.6 is 0 Å². The largest absolute Gasteiger partial charge is 0.324 e. The maximum absolute atomic E-state index is 11.8. The van der Waals surface area contributed by atoms with Crippen molar-refractivity contribution >= 4 is 5.78 Å². The third kappa shape index (κ3) is 2.33. The van der Waals surface area contributed by atoms with Gasteiger partial charge in [-0.25, -0.2) is 4.98 Å². The van der Waals surface area contributed by atoms with Gasteiger partial charge in [0.1, 0.15) is 5.82 Å². The topological polar surface area (TPSA) is 89.1 Å². The smallest absolute Gasteiger partial charge is 0.274 e. The Morgan fingerprint density at radius 3 is 2.80 bits per heavy atom. The van der Waals surface area contributed by atoms with Gasteiger partial charge in [0.05, 0.1) is 0 Å². The minimum Gasteiger partial charge on any atom is -0.324 e. The van der Waals surface area contributed by atoms with E-state index >= 15 is 0 Å². The predicted octanol–water partition coefficient (Wildman–Crippen LogP) is 0.969. The molecule has 1 atom stereocenters. The monoisotopic (exact) mass is 269 g/mol. The van der Waals surface area contributed by atoms with Gasteiger partial charge in [0.2, 0.25) is 0 Å². The SMILES string of the molecule is Cc1cc(=O)n2[nH]c(CC(N)c3ccccc3)nc2n1. The van der Waals surface area contributed by atoms with Gasteiger partial charge in [-0.05, 0) is 12.5 Å². The van der Waals surface area contributed by atoms with Gasteiger partial charge in [-0.2, -0.15) is 9.50 Å². The van der Waals surface area contributed by atoms with Crippen molar-refractivity contribution in [1.82, 2.24) is 19.6 Å². The van der Waals surface area contributed by atoms with E-state index in [-0.39, 0.29) is 11.6 Å². The summed E-state index contributed by atoms with van der Waals surface area (Å²) < 4.78 is 1.33. The second-order valence-corrected chi connectivity index (χ2v) is 4.76. The number of hydrogen-bond donors (Lipinski definition) is 2. The number of aromatic amines is 1. The summed E-state index contributed by atoms with van der Waals surface area (Å²) in [6.45, 7) is 1.77. The van der Waals surface area contributed by atoms with Gasteiger partial charge in [0, 0.05) is 24.2 Å². The van der Waals surface area contributed by atoms with Crippen LogP contribution in [0.3, 0.4) is 0 Å². The van der Waals surface area contributed by atoms with Crippen molar-refractivity contribution in [2.24, 2.45) is 5.73 Å². The number of fused-ring (bicyclic) bond motifs is 1. The van der Waals surface area contributed by atoms with Gasteiger partial charge < -0.3 is 5.73 Å². The van der Waals surface area contributed by atoms with Crippen LogP contribution in [0.1, 0.15) is 23.1 Å². The molecule has 0 radical (unpaired) electrons. The van der Waals surface area contributed by atoms with Crippen LogP contribution in [0.25, 0.3) is 5.78 Å². The van der Waals surface area contributed by atoms with Crippen molar-refractivity contribution in [3.63, 3.8) is 0 Å². The Bertz CT molecular complexity index is 790. The van der Waals surface area contributed by atoms with Gasteiger partial charge in [-0.3, -0.25) is 9.89 Å². The fourth-order valence-electron chi connectivity index (χ4n) is 2.15. The van der Waals surface area contributed by atoms with E-state index in [1.807, 2.05) is 30.3 Å². The highest BCUT2D eigenvalue weighted by molar-refractivity contribution is 5.28. The first-order valence-corrected chi connectivity index (χ1v) is 6.39. The molecule has 1 aromatic carbocycles. The fraction of sp³-hybridized carbons (Fsp3) is 0.214. The number of aromatic nitrogens is 4. The second-order valence-electron chi connectivity index (χ2n) is 4.76. The Balaban J connectivity index is 1.92. The summed E-state index contributed by atoms with van der Waals surface area (Å²) in [6.07, 6.45) is 0.520. The van der Waals surface area contributed by atoms with E-state index in [0.717, 1.165) is 5.56 Å². The molecular weight excluding hydrogens is 254 g/mol. The maximum atomic E-state index is 11.8. The molecule has 0 spiro atoms. The zero-order chi connectivity index (χ0) is 14.1. The third-order valence-electron chi connectivity index (χ3n) is 3.15. The predicted molar refractivity (Wildman–Crippen MR) is 75.4 cm³/mol. The molecule has 0 aliphatic heterocycles. The number of nitrogens with one attached hydrogen (secondary N) is 1. The van der Waals surface area contributed by atoms with Crippen LogP contribution in [0.4, 0.5) is 0 Å². The van der Waals surface area contributed by atoms with E-state index in [1.54, 1.807) is 6.92 Å². The van der Waals surface area contributed by atoms with E-state index in [9.17, 15) is 4.79 Å². The molecule has 3 rings (SSSR count). The average molecular weight is 269 g/mol. The van der Waals surface area contributed by atoms with Crippen molar-refractivity contribution < 1.29 is 0 Å². The number of rotatable bonds is 3. The van der Waals surface area contributed by atoms with Gasteiger partial charge in [0.25, 0.3) is 11.3 Å². The molecule has 3 aromatic rings. The van der Waals surface area contributed by atoms with Crippen LogP contribution in [0, 0.1) is 6.92 Å². The molecule has 0 aliphatic rings. The van der Waals surface area contributed by atoms with Crippen molar-refractivity contribution in [1.29, 1.82) is 0 Å². The summed E-state index contributed by atoms with van der Waals surface area (Å²) >= 11 is 0. The standard InChI is InChI=1S/C14H15N5O/c1-9-7-13(20)19-14(16-9)17-12(18-19)8-11(15)10-5-3-2-4-6-10/h2-7,11H,8,15H2,1H3,(H,16,17,18). The summed E-state index contributed by atoms with van der Waals surface area (Å²) in [5, 5.41) is 2.94. The summed E-state index contributed by atoms with van der Waals surface area (Å²) in [6, 6.07) is 11.1. The molecule has 102 valence electrons.